The molecule has 0 aliphatic heterocycles. The van der Waals surface area contributed by atoms with E-state index in [4.69, 9.17) is 13.3 Å². The first-order valence-corrected chi connectivity index (χ1v) is 12.4. The molecule has 0 aliphatic carbocycles. The number of hydrogen-bond acceptors (Lipinski definition) is 3. The summed E-state index contributed by atoms with van der Waals surface area (Å²) in [6, 6.07) is 0. The molecule has 0 saturated carbocycles. The fourth-order valence-corrected chi connectivity index (χ4v) is 2.78. The molecule has 0 aromatic carbocycles. The zero-order valence-corrected chi connectivity index (χ0v) is 23.7. The van der Waals surface area contributed by atoms with Gasteiger partial charge in [-0.1, -0.05) is 84.0 Å². The number of halogens is 1. The van der Waals surface area contributed by atoms with Gasteiger partial charge in [0.05, 0.1) is 36.7 Å². The molecular weight excluding hydrogens is 457 g/mol. The maximum atomic E-state index is 9.00. The van der Waals surface area contributed by atoms with Gasteiger partial charge in [-0.15, -0.1) is 0 Å². The molecule has 0 spiro atoms. The molecule has 1 atom stereocenters. The number of nitrogens with zero attached hydrogens (tertiary/aromatic N) is 1. The minimum atomic E-state index is -4.08. The van der Waals surface area contributed by atoms with Crippen LogP contribution in [0, 0.1) is 0 Å². The summed E-state index contributed by atoms with van der Waals surface area (Å²) in [5.41, 5.74) is 0. The van der Waals surface area contributed by atoms with Gasteiger partial charge in [-0.2, -0.15) is 0 Å². The Bertz CT molecular complexity index is 370. The molecule has 0 radical (unpaired) electrons. The largest absolute Gasteiger partial charge is 1.00 e. The van der Waals surface area contributed by atoms with Gasteiger partial charge in [0.1, 0.15) is 0 Å². The molecule has 162 valence electrons. The van der Waals surface area contributed by atoms with Crippen molar-refractivity contribution in [2.45, 2.75) is 96.8 Å². The van der Waals surface area contributed by atoms with E-state index in [1.54, 1.807) is 0 Å². The first-order chi connectivity index (χ1) is 11.6. The molecule has 8 heteroatoms. The van der Waals surface area contributed by atoms with Crippen LogP contribution in [0.1, 0.15) is 96.8 Å². The van der Waals surface area contributed by atoms with Crippen LogP contribution >= 0.6 is 0 Å². The molecule has 0 fully saturated rings. The Kier molecular flexibility index (Phi) is 32.1. The van der Waals surface area contributed by atoms with Crippen molar-refractivity contribution in [1.29, 1.82) is 0 Å². The van der Waals surface area contributed by atoms with Crippen molar-refractivity contribution in [1.82, 2.24) is 0 Å². The summed E-state index contributed by atoms with van der Waals surface area (Å²) in [5, 5.41) is 0. The smallest absolute Gasteiger partial charge is 1.00 e. The van der Waals surface area contributed by atoms with Crippen LogP contribution in [0.5, 0.6) is 0 Å². The van der Waals surface area contributed by atoms with Crippen LogP contribution in [-0.2, 0) is 20.2 Å². The van der Waals surface area contributed by atoms with Crippen molar-refractivity contribution in [3.8, 4) is 0 Å². The van der Waals surface area contributed by atoms with E-state index >= 15 is 0 Å². The number of unbranched alkanes of at least 4 members (excludes halogenated alkanes) is 13. The molecule has 0 saturated heterocycles. The molecule has 4 nitrogen and oxygen atoms in total. The molecule has 0 heterocycles. The average Bonchev–Trinajstić information content (AvgIpc) is 2.45. The molecule has 0 rings (SSSR count). The van der Waals surface area contributed by atoms with Gasteiger partial charge in [0, 0.05) is 0 Å². The molecule has 27 heavy (non-hydrogen) atoms. The summed E-state index contributed by atoms with van der Waals surface area (Å²) >= 11 is 3.35. The van der Waals surface area contributed by atoms with Crippen LogP contribution in [0.15, 0.2) is 0 Å². The van der Waals surface area contributed by atoms with Crippen molar-refractivity contribution < 1.29 is 64.3 Å². The molecular formula is C19H43BrNNaO3S2. The van der Waals surface area contributed by atoms with Gasteiger partial charge in [-0.25, -0.2) is 4.21 Å². The fourth-order valence-electron chi connectivity index (χ4n) is 2.78. The van der Waals surface area contributed by atoms with Crippen molar-refractivity contribution in [2.75, 3.05) is 27.7 Å². The van der Waals surface area contributed by atoms with Crippen LogP contribution in [0.4, 0.5) is 0 Å². The van der Waals surface area contributed by atoms with Crippen LogP contribution in [0.25, 0.3) is 0 Å². The Morgan fingerprint density at radius 1 is 0.778 bits per heavy atom. The van der Waals surface area contributed by atoms with Gasteiger partial charge in [0.15, 0.2) is 0 Å². The Hall–Kier alpha value is 1.73. The topological polar surface area (TPSA) is 60.4 Å². The van der Waals surface area contributed by atoms with Crippen molar-refractivity contribution >= 4 is 20.2 Å². The van der Waals surface area contributed by atoms with E-state index in [1.807, 2.05) is 0 Å². The molecule has 1 N–H and O–H groups in total. The second-order valence-corrected chi connectivity index (χ2v) is 10.2. The third-order valence-corrected chi connectivity index (χ3v) is 4.18. The summed E-state index contributed by atoms with van der Waals surface area (Å²) in [6.07, 6.45) is 20.4. The minimum absolute atomic E-state index is 0. The minimum Gasteiger partial charge on any atom is -1.00 e. The van der Waals surface area contributed by atoms with Gasteiger partial charge in [-0.05, 0) is 24.0 Å². The van der Waals surface area contributed by atoms with Crippen molar-refractivity contribution in [2.24, 2.45) is 0 Å². The SMILES string of the molecule is CCCCCCCCCCCCCCCC[N+](C)(C)C.O=S([O-])(O)=S.[Br-].[Na+]. The Morgan fingerprint density at radius 2 is 1.00 bits per heavy atom. The van der Waals surface area contributed by atoms with Crippen molar-refractivity contribution in [3.05, 3.63) is 0 Å². The third kappa shape index (κ3) is 52.3. The predicted molar refractivity (Wildman–Crippen MR) is 112 cm³/mol. The third-order valence-electron chi connectivity index (χ3n) is 4.18. The molecule has 0 aliphatic rings. The van der Waals surface area contributed by atoms with E-state index in [-0.39, 0.29) is 46.5 Å². The second kappa shape index (κ2) is 24.0. The Morgan fingerprint density at radius 3 is 1.22 bits per heavy atom. The first kappa shape index (κ1) is 36.1. The van der Waals surface area contributed by atoms with Gasteiger partial charge in [-0.3, -0.25) is 0 Å². The summed E-state index contributed by atoms with van der Waals surface area (Å²) in [6.45, 7) is 3.63. The summed E-state index contributed by atoms with van der Waals surface area (Å²) in [4.78, 5) is 0. The van der Waals surface area contributed by atoms with E-state index in [1.165, 1.54) is 96.4 Å². The van der Waals surface area contributed by atoms with E-state index in [9.17, 15) is 0 Å². The normalized spacial score (nSPS) is 12.8. The Balaban J connectivity index is -0.000000333. The van der Waals surface area contributed by atoms with E-state index in [0.717, 1.165) is 4.48 Å². The van der Waals surface area contributed by atoms with E-state index in [0.29, 0.717) is 0 Å². The van der Waals surface area contributed by atoms with Crippen LogP contribution < -0.4 is 46.5 Å². The molecule has 0 aromatic heterocycles. The monoisotopic (exact) mass is 499 g/mol. The maximum Gasteiger partial charge on any atom is 1.00 e. The predicted octanol–water partition coefficient (Wildman–Crippen LogP) is -0.482. The zero-order valence-electron chi connectivity index (χ0n) is 18.5. The van der Waals surface area contributed by atoms with Gasteiger partial charge >= 0.3 is 29.6 Å². The average molecular weight is 501 g/mol. The summed E-state index contributed by atoms with van der Waals surface area (Å²) in [5.74, 6) is 0. The fraction of sp³-hybridized carbons (Fsp3) is 1.00. The molecule has 0 aromatic rings. The van der Waals surface area contributed by atoms with Crippen LogP contribution in [-0.4, -0.2) is 45.5 Å². The quantitative estimate of drug-likeness (QED) is 0.188. The summed E-state index contributed by atoms with van der Waals surface area (Å²) < 4.78 is 26.4. The molecule has 0 bridgehead atoms. The van der Waals surface area contributed by atoms with Crippen LogP contribution in [0.2, 0.25) is 0 Å². The van der Waals surface area contributed by atoms with Crippen molar-refractivity contribution in [3.63, 3.8) is 0 Å². The molecule has 1 unspecified atom stereocenters. The number of rotatable bonds is 15. The Labute approximate surface area is 207 Å². The summed E-state index contributed by atoms with van der Waals surface area (Å²) in [7, 11) is 2.80. The number of hydrogen-bond donors (Lipinski definition) is 1. The van der Waals surface area contributed by atoms with E-state index < -0.39 is 9.05 Å². The number of quaternary nitrogens is 1. The van der Waals surface area contributed by atoms with Crippen LogP contribution in [0.3, 0.4) is 0 Å². The van der Waals surface area contributed by atoms with Gasteiger partial charge in [0.25, 0.3) is 0 Å². The maximum absolute atomic E-state index is 9.00. The standard InChI is InChI=1S/C19H42N.BrH.Na.H2O3S2/c1-5-6-7-8-9-10-11-12-13-14-15-16-17-18-19-20(2,3)4;;;1-5(2,3)4/h5-19H2,1-4H3;1H;;(H2,1,2,3,4)/q+1;;+1;/p-2. The zero-order chi connectivity index (χ0) is 19.6. The second-order valence-electron chi connectivity index (χ2n) is 8.04. The molecule has 0 amide bonds. The van der Waals surface area contributed by atoms with Gasteiger partial charge < -0.3 is 30.6 Å². The first-order valence-electron chi connectivity index (χ1n) is 10.0. The van der Waals surface area contributed by atoms with Gasteiger partial charge in [0.2, 0.25) is 0 Å². The van der Waals surface area contributed by atoms with E-state index in [2.05, 4.69) is 39.3 Å².